The molecule has 0 aliphatic rings. The van der Waals surface area contributed by atoms with Crippen LogP contribution < -0.4 is 10.9 Å². The van der Waals surface area contributed by atoms with E-state index in [1.165, 1.54) is 16.8 Å². The van der Waals surface area contributed by atoms with Crippen molar-refractivity contribution in [2.75, 3.05) is 5.32 Å². The molecule has 0 aliphatic carbocycles. The predicted octanol–water partition coefficient (Wildman–Crippen LogP) is 3.15. The van der Waals surface area contributed by atoms with E-state index < -0.39 is 0 Å². The van der Waals surface area contributed by atoms with Crippen molar-refractivity contribution < 1.29 is 4.79 Å². The number of rotatable bonds is 4. The molecule has 3 aromatic rings. The number of para-hydroxylation sites is 1. The highest BCUT2D eigenvalue weighted by molar-refractivity contribution is 14.1. The van der Waals surface area contributed by atoms with Gasteiger partial charge in [-0.15, -0.1) is 0 Å². The lowest BCUT2D eigenvalue weighted by Crippen LogP contribution is -2.26. The molecule has 0 aliphatic heterocycles. The molecule has 1 N–H and O–H groups in total. The zero-order valence-electron chi connectivity index (χ0n) is 12.6. The summed E-state index contributed by atoms with van der Waals surface area (Å²) in [6.45, 7) is 0.323. The lowest BCUT2D eigenvalue weighted by molar-refractivity contribution is 0.102. The van der Waals surface area contributed by atoms with Gasteiger partial charge in [0.25, 0.3) is 11.5 Å². The Hall–Kier alpha value is -2.48. The molecule has 0 radical (unpaired) electrons. The Morgan fingerprint density at radius 1 is 1.00 bits per heavy atom. The van der Waals surface area contributed by atoms with Gasteiger partial charge < -0.3 is 5.32 Å². The van der Waals surface area contributed by atoms with E-state index >= 15 is 0 Å². The number of halogens is 1. The van der Waals surface area contributed by atoms with Crippen LogP contribution in [0.2, 0.25) is 0 Å². The molecule has 24 heavy (non-hydrogen) atoms. The van der Waals surface area contributed by atoms with Gasteiger partial charge in [-0.05, 0) is 46.4 Å². The van der Waals surface area contributed by atoms with Crippen LogP contribution in [0.3, 0.4) is 0 Å². The molecule has 3 rings (SSSR count). The van der Waals surface area contributed by atoms with Crippen LogP contribution >= 0.6 is 22.6 Å². The van der Waals surface area contributed by atoms with Gasteiger partial charge in [0.2, 0.25) is 0 Å². The molecule has 2 aromatic carbocycles. The maximum Gasteiger partial charge on any atom is 0.276 e. The first-order chi connectivity index (χ1) is 11.6. The van der Waals surface area contributed by atoms with Crippen molar-refractivity contribution in [1.82, 2.24) is 9.78 Å². The number of nitrogens with zero attached hydrogens (tertiary/aromatic N) is 2. The summed E-state index contributed by atoms with van der Waals surface area (Å²) in [5, 5.41) is 7.00. The molecule has 0 unspecified atom stereocenters. The highest BCUT2D eigenvalue weighted by Crippen LogP contribution is 2.17. The Labute approximate surface area is 152 Å². The van der Waals surface area contributed by atoms with Crippen molar-refractivity contribution in [1.29, 1.82) is 0 Å². The standard InChI is InChI=1S/C18H14IN3O2/c19-14-8-4-5-9-15(14)20-18(24)16-10-11-17(23)22(21-16)12-13-6-2-1-3-7-13/h1-11H,12H2,(H,20,24). The lowest BCUT2D eigenvalue weighted by atomic mass is 10.2. The molecule has 120 valence electrons. The smallest absolute Gasteiger partial charge is 0.276 e. The Balaban J connectivity index is 1.84. The summed E-state index contributed by atoms with van der Waals surface area (Å²) in [6.07, 6.45) is 0. The number of amides is 1. The fraction of sp³-hybridized carbons (Fsp3) is 0.0556. The Morgan fingerprint density at radius 3 is 2.46 bits per heavy atom. The third kappa shape index (κ3) is 3.88. The van der Waals surface area contributed by atoms with Gasteiger partial charge in [-0.25, -0.2) is 4.68 Å². The van der Waals surface area contributed by atoms with Gasteiger partial charge in [0.1, 0.15) is 5.69 Å². The first kappa shape index (κ1) is 16.4. The summed E-state index contributed by atoms with van der Waals surface area (Å²) in [5.74, 6) is -0.346. The molecule has 1 heterocycles. The average molecular weight is 431 g/mol. The summed E-state index contributed by atoms with van der Waals surface area (Å²) < 4.78 is 2.22. The predicted molar refractivity (Wildman–Crippen MR) is 101 cm³/mol. The Kier molecular flexibility index (Phi) is 5.05. The van der Waals surface area contributed by atoms with E-state index in [9.17, 15) is 9.59 Å². The van der Waals surface area contributed by atoms with E-state index in [4.69, 9.17) is 0 Å². The highest BCUT2D eigenvalue weighted by atomic mass is 127. The number of nitrogens with one attached hydrogen (secondary N) is 1. The van der Waals surface area contributed by atoms with E-state index in [0.29, 0.717) is 12.2 Å². The fourth-order valence-electron chi connectivity index (χ4n) is 2.19. The van der Waals surface area contributed by atoms with Crippen molar-refractivity contribution >= 4 is 34.2 Å². The summed E-state index contributed by atoms with van der Waals surface area (Å²) in [6, 6.07) is 19.8. The third-order valence-corrected chi connectivity index (χ3v) is 4.34. The topological polar surface area (TPSA) is 64.0 Å². The van der Waals surface area contributed by atoms with Gasteiger partial charge in [-0.2, -0.15) is 5.10 Å². The van der Waals surface area contributed by atoms with Crippen molar-refractivity contribution in [3.05, 3.63) is 91.9 Å². The minimum atomic E-state index is -0.346. The van der Waals surface area contributed by atoms with Gasteiger partial charge in [0, 0.05) is 9.64 Å². The van der Waals surface area contributed by atoms with Crippen LogP contribution in [0.4, 0.5) is 5.69 Å². The molecular weight excluding hydrogens is 417 g/mol. The van der Waals surface area contributed by atoms with Crippen LogP contribution in [0.25, 0.3) is 0 Å². The number of carbonyl (C=O) groups is 1. The Bertz CT molecular complexity index is 923. The van der Waals surface area contributed by atoms with Crippen LogP contribution in [0, 0.1) is 3.57 Å². The zero-order valence-corrected chi connectivity index (χ0v) is 14.8. The highest BCUT2D eigenvalue weighted by Gasteiger charge is 2.11. The molecule has 5 nitrogen and oxygen atoms in total. The molecule has 0 spiro atoms. The van der Waals surface area contributed by atoms with E-state index in [0.717, 1.165) is 9.13 Å². The Morgan fingerprint density at radius 2 is 1.71 bits per heavy atom. The van der Waals surface area contributed by atoms with Gasteiger partial charge in [0.05, 0.1) is 12.2 Å². The molecule has 0 saturated heterocycles. The minimum absolute atomic E-state index is 0.199. The summed E-state index contributed by atoms with van der Waals surface area (Å²) >= 11 is 2.15. The molecule has 0 bridgehead atoms. The van der Waals surface area contributed by atoms with Gasteiger partial charge in [-0.3, -0.25) is 9.59 Å². The molecule has 6 heteroatoms. The lowest BCUT2D eigenvalue weighted by Gasteiger charge is -2.09. The van der Waals surface area contributed by atoms with E-state index in [1.54, 1.807) is 0 Å². The van der Waals surface area contributed by atoms with Gasteiger partial charge >= 0.3 is 0 Å². The molecule has 0 saturated carbocycles. The summed E-state index contributed by atoms with van der Waals surface area (Å²) in [5.41, 5.74) is 1.61. The number of aromatic nitrogens is 2. The van der Waals surface area contributed by atoms with Crippen LogP contribution in [0.5, 0.6) is 0 Å². The average Bonchev–Trinajstić information content (AvgIpc) is 2.60. The third-order valence-electron chi connectivity index (χ3n) is 3.40. The van der Waals surface area contributed by atoms with Gasteiger partial charge in [0.15, 0.2) is 0 Å². The first-order valence-electron chi connectivity index (χ1n) is 7.31. The van der Waals surface area contributed by atoms with E-state index in [2.05, 4.69) is 33.0 Å². The van der Waals surface area contributed by atoms with Crippen molar-refractivity contribution in [3.63, 3.8) is 0 Å². The normalized spacial score (nSPS) is 10.4. The molecule has 0 atom stereocenters. The SMILES string of the molecule is O=C(Nc1ccccc1I)c1ccc(=O)n(Cc2ccccc2)n1. The second-order valence-corrected chi connectivity index (χ2v) is 6.30. The molecule has 0 fully saturated rings. The van der Waals surface area contributed by atoms with Crippen LogP contribution in [-0.4, -0.2) is 15.7 Å². The van der Waals surface area contributed by atoms with E-state index in [-0.39, 0.29) is 17.2 Å². The molecular formula is C18H14IN3O2. The first-order valence-corrected chi connectivity index (χ1v) is 8.39. The number of benzene rings is 2. The van der Waals surface area contributed by atoms with Gasteiger partial charge in [-0.1, -0.05) is 42.5 Å². The van der Waals surface area contributed by atoms with Crippen molar-refractivity contribution in [2.24, 2.45) is 0 Å². The second kappa shape index (κ2) is 7.39. The van der Waals surface area contributed by atoms with E-state index in [1.807, 2.05) is 54.6 Å². The zero-order chi connectivity index (χ0) is 16.9. The summed E-state index contributed by atoms with van der Waals surface area (Å²) in [4.78, 5) is 24.4. The molecule has 1 amide bonds. The second-order valence-electron chi connectivity index (χ2n) is 5.13. The number of hydrogen-bond acceptors (Lipinski definition) is 3. The number of anilines is 1. The monoisotopic (exact) mass is 431 g/mol. The number of carbonyl (C=O) groups excluding carboxylic acids is 1. The fourth-order valence-corrected chi connectivity index (χ4v) is 2.71. The number of hydrogen-bond donors (Lipinski definition) is 1. The van der Waals surface area contributed by atoms with Crippen molar-refractivity contribution in [2.45, 2.75) is 6.54 Å². The van der Waals surface area contributed by atoms with Crippen LogP contribution in [-0.2, 0) is 6.54 Å². The minimum Gasteiger partial charge on any atom is -0.320 e. The quantitative estimate of drug-likeness (QED) is 0.646. The summed E-state index contributed by atoms with van der Waals surface area (Å²) in [7, 11) is 0. The van der Waals surface area contributed by atoms with Crippen LogP contribution in [0.15, 0.2) is 71.5 Å². The molecule has 1 aromatic heterocycles. The van der Waals surface area contributed by atoms with Crippen LogP contribution in [0.1, 0.15) is 16.1 Å². The maximum absolute atomic E-state index is 12.4. The maximum atomic E-state index is 12.4. The van der Waals surface area contributed by atoms with Crippen molar-refractivity contribution in [3.8, 4) is 0 Å². The largest absolute Gasteiger partial charge is 0.320 e.